The smallest absolute Gasteiger partial charge is 0 e. The van der Waals surface area contributed by atoms with Gasteiger partial charge < -0.3 is 0 Å². The third-order valence-electron chi connectivity index (χ3n) is 0. The molecule has 1 N–H and O–H groups in total. The van der Waals surface area contributed by atoms with Crippen LogP contribution in [0.4, 0.5) is 4.70 Å². The van der Waals surface area contributed by atoms with Gasteiger partial charge in [0.15, 0.2) is 0 Å². The minimum Gasteiger partial charge on any atom is 0 e. The Hall–Kier alpha value is 0.723. The van der Waals surface area contributed by atoms with Crippen LogP contribution in [0.1, 0.15) is 0 Å². The normalized spacial score (nSPS) is 8.29. The van der Waals surface area contributed by atoms with E-state index >= 15 is 0 Å². The molecular weight excluding hydrogens is 320 g/mol. The molecule has 0 fully saturated rings. The zero-order chi connectivity index (χ0) is 4.50. The molecule has 0 aromatic heterocycles. The van der Waals surface area contributed by atoms with Crippen LogP contribution in [0.3, 0.4) is 0 Å². The van der Waals surface area contributed by atoms with Crippen LogP contribution in [0.2, 0.25) is 0 Å². The van der Waals surface area contributed by atoms with Crippen molar-refractivity contribution in [3.63, 3.8) is 0 Å². The van der Waals surface area contributed by atoms with Gasteiger partial charge in [-0.15, -0.1) is 0 Å². The molecule has 1 radical (unpaired) electrons. The van der Waals surface area contributed by atoms with E-state index in [1.165, 1.54) is 0 Å². The Balaban J connectivity index is -0.0000000800. The minimum atomic E-state index is -3.67. The number of hydrogen-bond acceptors (Lipinski definition) is 2. The van der Waals surface area contributed by atoms with Crippen LogP contribution in [0.15, 0.2) is 0 Å². The fourth-order valence-electron chi connectivity index (χ4n) is 0. The zero-order valence-electron chi connectivity index (χ0n) is 3.76. The van der Waals surface area contributed by atoms with E-state index in [1.54, 1.807) is 0 Å². The Morgan fingerprint density at radius 2 is 1.43 bits per heavy atom. The molecule has 0 heterocycles. The SMILES string of the molecule is CS(=O)(=O)O.[BiH3].[F]. The van der Waals surface area contributed by atoms with Gasteiger partial charge in [-0.3, -0.25) is 4.55 Å². The van der Waals surface area contributed by atoms with Crippen LogP contribution in [0, 0.1) is 0 Å². The molecule has 0 aliphatic heterocycles. The molecule has 0 saturated heterocycles. The fourth-order valence-corrected chi connectivity index (χ4v) is 0. The van der Waals surface area contributed by atoms with Gasteiger partial charge in [-0.05, 0) is 0 Å². The molecule has 0 aromatic rings. The topological polar surface area (TPSA) is 54.4 Å². The number of rotatable bonds is 0. The number of halogens is 1. The Morgan fingerprint density at radius 3 is 1.43 bits per heavy atom. The molecule has 0 spiro atoms. The molecule has 0 aliphatic carbocycles. The summed E-state index contributed by atoms with van der Waals surface area (Å²) < 4.78 is 25.9. The molecule has 7 heavy (non-hydrogen) atoms. The minimum absolute atomic E-state index is 0. The van der Waals surface area contributed by atoms with Crippen molar-refractivity contribution in [2.24, 2.45) is 0 Å². The van der Waals surface area contributed by atoms with Crippen molar-refractivity contribution < 1.29 is 17.7 Å². The number of hydrogen-bond donors (Lipinski definition) is 1. The molecule has 47 valence electrons. The van der Waals surface area contributed by atoms with Crippen LogP contribution < -0.4 is 0 Å². The van der Waals surface area contributed by atoms with Gasteiger partial charge in [0.1, 0.15) is 0 Å². The maximum atomic E-state index is 9.19. The molecule has 0 bridgehead atoms. The van der Waals surface area contributed by atoms with Gasteiger partial charge in [-0.2, -0.15) is 8.42 Å². The molecular formula is CH7BiFO3S. The predicted molar refractivity (Wildman–Crippen MR) is 28.5 cm³/mol. The molecule has 0 amide bonds. The Kier molecular flexibility index (Phi) is 10.9. The summed E-state index contributed by atoms with van der Waals surface area (Å²) in [6, 6.07) is 0. The van der Waals surface area contributed by atoms with Crippen LogP contribution in [0.5, 0.6) is 0 Å². The molecule has 0 unspecified atom stereocenters. The maximum absolute atomic E-state index is 9.19. The third-order valence-corrected chi connectivity index (χ3v) is 0. The molecule has 0 saturated carbocycles. The van der Waals surface area contributed by atoms with Gasteiger partial charge in [-0.25, -0.2) is 0 Å². The summed E-state index contributed by atoms with van der Waals surface area (Å²) in [6.45, 7) is 0. The quantitative estimate of drug-likeness (QED) is 0.446. The Labute approximate surface area is 60.3 Å². The van der Waals surface area contributed by atoms with Crippen molar-refractivity contribution in [1.29, 1.82) is 0 Å². The first-order valence-electron chi connectivity index (χ1n) is 0.924. The zero-order valence-corrected chi connectivity index (χ0v) is 10.1. The molecule has 6 heteroatoms. The maximum Gasteiger partial charge on any atom is 0 e. The summed E-state index contributed by atoms with van der Waals surface area (Å²) in [5.41, 5.74) is 0. The first-order valence-corrected chi connectivity index (χ1v) is 2.77. The van der Waals surface area contributed by atoms with Crippen LogP contribution in [-0.2, 0) is 10.1 Å². The van der Waals surface area contributed by atoms with Crippen molar-refractivity contribution in [1.82, 2.24) is 0 Å². The van der Waals surface area contributed by atoms with Gasteiger partial charge in [0.25, 0.3) is 10.1 Å². The van der Waals surface area contributed by atoms with Crippen molar-refractivity contribution in [2.75, 3.05) is 6.26 Å². The molecule has 0 aromatic carbocycles. The van der Waals surface area contributed by atoms with E-state index in [2.05, 4.69) is 0 Å². The van der Waals surface area contributed by atoms with Gasteiger partial charge in [0.05, 0.1) is 6.26 Å². The Morgan fingerprint density at radius 1 is 1.43 bits per heavy atom. The van der Waals surface area contributed by atoms with Crippen LogP contribution >= 0.6 is 0 Å². The van der Waals surface area contributed by atoms with E-state index in [1.807, 2.05) is 0 Å². The van der Waals surface area contributed by atoms with Gasteiger partial charge in [-0.1, -0.05) is 0 Å². The summed E-state index contributed by atoms with van der Waals surface area (Å²) in [4.78, 5) is 0. The summed E-state index contributed by atoms with van der Waals surface area (Å²) in [6.07, 6.45) is 0.715. The molecule has 0 aliphatic rings. The molecule has 0 atom stereocenters. The van der Waals surface area contributed by atoms with E-state index in [4.69, 9.17) is 4.55 Å². The fraction of sp³-hybridized carbons (Fsp3) is 1.00. The monoisotopic (exact) mass is 327 g/mol. The molecule has 3 nitrogen and oxygen atoms in total. The van der Waals surface area contributed by atoms with Gasteiger partial charge >= 0.3 is 26.2 Å². The van der Waals surface area contributed by atoms with E-state index in [0.717, 1.165) is 0 Å². The first kappa shape index (κ1) is 15.6. The average molecular weight is 327 g/mol. The Bertz CT molecular complexity index is 98.1. The second-order valence-electron chi connectivity index (χ2n) is 0.733. The second kappa shape index (κ2) is 4.87. The van der Waals surface area contributed by atoms with Crippen LogP contribution in [0.25, 0.3) is 0 Å². The summed E-state index contributed by atoms with van der Waals surface area (Å²) in [5.74, 6) is 0. The van der Waals surface area contributed by atoms with Crippen molar-refractivity contribution in [2.45, 2.75) is 0 Å². The van der Waals surface area contributed by atoms with Gasteiger partial charge in [0.2, 0.25) is 0 Å². The predicted octanol–water partition coefficient (Wildman–Crippen LogP) is -1.26. The van der Waals surface area contributed by atoms with Crippen molar-refractivity contribution in [3.8, 4) is 0 Å². The summed E-state index contributed by atoms with van der Waals surface area (Å²) in [5, 5.41) is 0. The largest absolute Gasteiger partial charge is 0 e. The van der Waals surface area contributed by atoms with E-state index in [9.17, 15) is 8.42 Å². The summed E-state index contributed by atoms with van der Waals surface area (Å²) in [7, 11) is -3.67. The van der Waals surface area contributed by atoms with E-state index < -0.39 is 10.1 Å². The average Bonchev–Trinajstić information content (AvgIpc) is 0.722. The van der Waals surface area contributed by atoms with Crippen molar-refractivity contribution in [3.05, 3.63) is 0 Å². The van der Waals surface area contributed by atoms with Crippen LogP contribution in [-0.4, -0.2) is 45.4 Å². The van der Waals surface area contributed by atoms with E-state index in [0.29, 0.717) is 6.26 Å². The standard InChI is InChI=1S/CH4O3S.Bi.F.3H/c1-5(2,3)4;;;;;/h1H3,(H,2,3,4);;;;;. The first-order chi connectivity index (χ1) is 2.00. The summed E-state index contributed by atoms with van der Waals surface area (Å²) >= 11 is 0. The van der Waals surface area contributed by atoms with E-state index in [-0.39, 0.29) is 30.9 Å². The molecule has 0 rings (SSSR count). The van der Waals surface area contributed by atoms with Gasteiger partial charge in [0, 0.05) is 4.70 Å². The van der Waals surface area contributed by atoms with Crippen molar-refractivity contribution >= 4 is 36.3 Å². The second-order valence-corrected chi connectivity index (χ2v) is 2.20. The third kappa shape index (κ3) is 287.